The number of hydrogen-bond donors (Lipinski definition) is 0. The van der Waals surface area contributed by atoms with E-state index in [4.69, 9.17) is 21.1 Å². The van der Waals surface area contributed by atoms with Crippen molar-refractivity contribution in [3.05, 3.63) is 35.4 Å². The van der Waals surface area contributed by atoms with Crippen molar-refractivity contribution in [1.29, 1.82) is 0 Å². The third-order valence-corrected chi connectivity index (χ3v) is 3.76. The normalized spacial score (nSPS) is 32.9. The topological polar surface area (TPSA) is 18.5 Å². The Morgan fingerprint density at radius 2 is 2.25 bits per heavy atom. The number of hydrogen-bond acceptors (Lipinski definition) is 2. The van der Waals surface area contributed by atoms with Gasteiger partial charge in [-0.15, -0.1) is 11.6 Å². The van der Waals surface area contributed by atoms with Crippen LogP contribution in [0.1, 0.15) is 24.0 Å². The zero-order valence-corrected chi connectivity index (χ0v) is 9.87. The van der Waals surface area contributed by atoms with Crippen LogP contribution in [0.2, 0.25) is 0 Å². The van der Waals surface area contributed by atoms with E-state index in [0.29, 0.717) is 12.5 Å². The largest absolute Gasteiger partial charge is 0.343 e. The van der Waals surface area contributed by atoms with Gasteiger partial charge in [-0.25, -0.2) is 0 Å². The second-order valence-electron chi connectivity index (χ2n) is 4.47. The predicted octanol–water partition coefficient (Wildman–Crippen LogP) is 2.83. The van der Waals surface area contributed by atoms with E-state index in [-0.39, 0.29) is 6.10 Å². The maximum Gasteiger partial charge on any atom is 0.195 e. The van der Waals surface area contributed by atoms with Gasteiger partial charge in [-0.3, -0.25) is 0 Å². The smallest absolute Gasteiger partial charge is 0.195 e. The molecule has 3 rings (SSSR count). The summed E-state index contributed by atoms with van der Waals surface area (Å²) in [5, 5.41) is 0. The summed E-state index contributed by atoms with van der Waals surface area (Å²) in [5.41, 5.74) is 2.55. The molecule has 3 heteroatoms. The van der Waals surface area contributed by atoms with Gasteiger partial charge in [-0.1, -0.05) is 24.3 Å². The van der Waals surface area contributed by atoms with Crippen molar-refractivity contribution < 1.29 is 9.47 Å². The van der Waals surface area contributed by atoms with Crippen molar-refractivity contribution in [2.24, 2.45) is 0 Å². The van der Waals surface area contributed by atoms with E-state index in [2.05, 4.69) is 18.2 Å². The lowest BCUT2D eigenvalue weighted by Gasteiger charge is -2.34. The molecule has 16 heavy (non-hydrogen) atoms. The molecule has 1 saturated heterocycles. The van der Waals surface area contributed by atoms with E-state index in [1.165, 1.54) is 11.1 Å². The number of ether oxygens (including phenoxy) is 2. The first kappa shape index (κ1) is 10.6. The molecule has 1 heterocycles. The summed E-state index contributed by atoms with van der Waals surface area (Å²) in [7, 11) is 0. The zero-order valence-electron chi connectivity index (χ0n) is 9.12. The molecule has 0 aromatic heterocycles. The molecule has 1 aliphatic carbocycles. The standard InChI is InChI=1S/C13H15ClO2/c14-8-11-9-15-13(16-11)7-3-5-10-4-1-2-6-12(10)13/h1-2,4,6,11H,3,5,7-9H2. The van der Waals surface area contributed by atoms with E-state index in [0.717, 1.165) is 19.3 Å². The van der Waals surface area contributed by atoms with Crippen molar-refractivity contribution in [1.82, 2.24) is 0 Å². The fourth-order valence-corrected chi connectivity index (χ4v) is 2.82. The first-order chi connectivity index (χ1) is 7.84. The number of halogens is 1. The highest BCUT2D eigenvalue weighted by Crippen LogP contribution is 2.43. The van der Waals surface area contributed by atoms with Crippen LogP contribution < -0.4 is 0 Å². The summed E-state index contributed by atoms with van der Waals surface area (Å²) in [4.78, 5) is 0. The second kappa shape index (κ2) is 4.02. The van der Waals surface area contributed by atoms with Crippen molar-refractivity contribution in [2.45, 2.75) is 31.2 Å². The maximum absolute atomic E-state index is 6.01. The van der Waals surface area contributed by atoms with Crippen LogP contribution in [-0.2, 0) is 21.7 Å². The molecule has 0 N–H and O–H groups in total. The number of alkyl halides is 1. The molecular weight excluding hydrogens is 224 g/mol. The summed E-state index contributed by atoms with van der Waals surface area (Å²) in [6.07, 6.45) is 3.22. The summed E-state index contributed by atoms with van der Waals surface area (Å²) < 4.78 is 11.9. The minimum Gasteiger partial charge on any atom is -0.343 e. The summed E-state index contributed by atoms with van der Waals surface area (Å²) in [6.45, 7) is 0.609. The lowest BCUT2D eigenvalue weighted by molar-refractivity contribution is -0.184. The SMILES string of the molecule is ClCC1COC2(CCCc3ccccc32)O1. The Labute approximate surface area is 101 Å². The number of rotatable bonds is 1. The van der Waals surface area contributed by atoms with Gasteiger partial charge in [0.05, 0.1) is 18.6 Å². The molecule has 2 atom stereocenters. The molecule has 86 valence electrons. The molecule has 1 fully saturated rings. The van der Waals surface area contributed by atoms with Crippen LogP contribution in [0.3, 0.4) is 0 Å². The van der Waals surface area contributed by atoms with Crippen LogP contribution >= 0.6 is 11.6 Å². The van der Waals surface area contributed by atoms with Gasteiger partial charge in [0.1, 0.15) is 0 Å². The lowest BCUT2D eigenvalue weighted by Crippen LogP contribution is -2.32. The van der Waals surface area contributed by atoms with Crippen LogP contribution in [0.5, 0.6) is 0 Å². The van der Waals surface area contributed by atoms with Gasteiger partial charge in [0.2, 0.25) is 0 Å². The van der Waals surface area contributed by atoms with Crippen LogP contribution in [0.25, 0.3) is 0 Å². The molecule has 0 saturated carbocycles. The van der Waals surface area contributed by atoms with Crippen LogP contribution in [0, 0.1) is 0 Å². The summed E-state index contributed by atoms with van der Waals surface area (Å²) in [6, 6.07) is 8.40. The average molecular weight is 239 g/mol. The molecule has 1 aromatic carbocycles. The van der Waals surface area contributed by atoms with Crippen molar-refractivity contribution in [3.8, 4) is 0 Å². The fourth-order valence-electron chi connectivity index (χ4n) is 2.67. The third kappa shape index (κ3) is 1.56. The molecule has 0 bridgehead atoms. The molecule has 2 aliphatic rings. The predicted molar refractivity (Wildman–Crippen MR) is 62.6 cm³/mol. The molecule has 2 unspecified atom stereocenters. The third-order valence-electron chi connectivity index (χ3n) is 3.41. The van der Waals surface area contributed by atoms with Gasteiger partial charge < -0.3 is 9.47 Å². The van der Waals surface area contributed by atoms with E-state index >= 15 is 0 Å². The molecule has 1 spiro atoms. The van der Waals surface area contributed by atoms with Crippen LogP contribution in [0.15, 0.2) is 24.3 Å². The highest BCUT2D eigenvalue weighted by atomic mass is 35.5. The Bertz CT molecular complexity index is 393. The minimum atomic E-state index is -0.506. The Kier molecular flexibility index (Phi) is 2.66. The van der Waals surface area contributed by atoms with Crippen molar-refractivity contribution in [3.63, 3.8) is 0 Å². The molecule has 0 radical (unpaired) electrons. The highest BCUT2D eigenvalue weighted by Gasteiger charge is 2.45. The Hall–Kier alpha value is -0.570. The monoisotopic (exact) mass is 238 g/mol. The minimum absolute atomic E-state index is 0.0350. The maximum atomic E-state index is 6.01. The van der Waals surface area contributed by atoms with Gasteiger partial charge >= 0.3 is 0 Å². The van der Waals surface area contributed by atoms with Gasteiger partial charge in [-0.2, -0.15) is 0 Å². The quantitative estimate of drug-likeness (QED) is 0.701. The number of fused-ring (bicyclic) bond motifs is 2. The van der Waals surface area contributed by atoms with Crippen LogP contribution in [0.4, 0.5) is 0 Å². The fraction of sp³-hybridized carbons (Fsp3) is 0.538. The Morgan fingerprint density at radius 3 is 3.06 bits per heavy atom. The molecule has 2 nitrogen and oxygen atoms in total. The Morgan fingerprint density at radius 1 is 1.38 bits per heavy atom. The number of benzene rings is 1. The second-order valence-corrected chi connectivity index (χ2v) is 4.78. The first-order valence-corrected chi connectivity index (χ1v) is 6.34. The summed E-state index contributed by atoms with van der Waals surface area (Å²) >= 11 is 5.83. The lowest BCUT2D eigenvalue weighted by atomic mass is 9.86. The van der Waals surface area contributed by atoms with E-state index in [1.54, 1.807) is 0 Å². The van der Waals surface area contributed by atoms with Gasteiger partial charge in [0, 0.05) is 12.0 Å². The Balaban J connectivity index is 1.98. The molecule has 0 amide bonds. The van der Waals surface area contributed by atoms with E-state index in [9.17, 15) is 0 Å². The first-order valence-electron chi connectivity index (χ1n) is 5.80. The molecule has 1 aromatic rings. The van der Waals surface area contributed by atoms with Gasteiger partial charge in [-0.05, 0) is 18.4 Å². The van der Waals surface area contributed by atoms with Crippen molar-refractivity contribution in [2.75, 3.05) is 12.5 Å². The average Bonchev–Trinajstić information content (AvgIpc) is 2.74. The number of aryl methyl sites for hydroxylation is 1. The van der Waals surface area contributed by atoms with E-state index in [1.807, 2.05) is 6.07 Å². The zero-order chi connectivity index (χ0) is 11.0. The summed E-state index contributed by atoms with van der Waals surface area (Å²) in [5.74, 6) is -0.00167. The van der Waals surface area contributed by atoms with Gasteiger partial charge in [0.15, 0.2) is 5.79 Å². The molecule has 1 aliphatic heterocycles. The van der Waals surface area contributed by atoms with E-state index < -0.39 is 5.79 Å². The molecular formula is C13H15ClO2. The van der Waals surface area contributed by atoms with Crippen LogP contribution in [-0.4, -0.2) is 18.6 Å². The highest BCUT2D eigenvalue weighted by molar-refractivity contribution is 6.18. The van der Waals surface area contributed by atoms with Crippen molar-refractivity contribution >= 4 is 11.6 Å². The van der Waals surface area contributed by atoms with Gasteiger partial charge in [0.25, 0.3) is 0 Å².